The molecule has 1 aromatic heterocycles. The van der Waals surface area contributed by atoms with Gasteiger partial charge in [-0.15, -0.1) is 10.2 Å². The van der Waals surface area contributed by atoms with E-state index in [1.165, 1.54) is 32.1 Å². The van der Waals surface area contributed by atoms with Crippen LogP contribution >= 0.6 is 0 Å². The van der Waals surface area contributed by atoms with Crippen LogP contribution in [0.1, 0.15) is 63.1 Å². The monoisotopic (exact) mass is 275 g/mol. The molecule has 4 bridgehead atoms. The Bertz CT molecular complexity index is 442. The molecule has 4 heteroatoms. The van der Waals surface area contributed by atoms with Crippen molar-refractivity contribution in [2.45, 2.75) is 57.9 Å². The minimum Gasteiger partial charge on any atom is -0.424 e. The van der Waals surface area contributed by atoms with Gasteiger partial charge in [-0.2, -0.15) is 0 Å². The average Bonchev–Trinajstić information content (AvgIpc) is 2.86. The molecule has 0 radical (unpaired) electrons. The molecule has 4 aliphatic carbocycles. The first-order valence-electron chi connectivity index (χ1n) is 8.36. The lowest BCUT2D eigenvalue weighted by atomic mass is 9.52. The van der Waals surface area contributed by atoms with E-state index in [4.69, 9.17) is 4.42 Å². The standard InChI is InChI=1S/C16H25N3O/c1-2-3-17-9-14-18-19-16(20-14)15-12-5-10-4-11(7-12)8-13(15)6-10/h10-13,15,17H,2-9H2,1H3. The lowest BCUT2D eigenvalue weighted by Gasteiger charge is -2.53. The highest BCUT2D eigenvalue weighted by Crippen LogP contribution is 2.59. The minimum atomic E-state index is 0.565. The zero-order chi connectivity index (χ0) is 13.5. The maximum Gasteiger partial charge on any atom is 0.230 e. The highest BCUT2D eigenvalue weighted by atomic mass is 16.4. The van der Waals surface area contributed by atoms with E-state index in [1.54, 1.807) is 0 Å². The van der Waals surface area contributed by atoms with Crippen molar-refractivity contribution in [1.29, 1.82) is 0 Å². The van der Waals surface area contributed by atoms with Gasteiger partial charge in [0.15, 0.2) is 0 Å². The third kappa shape index (κ3) is 2.18. The molecule has 5 rings (SSSR count). The summed E-state index contributed by atoms with van der Waals surface area (Å²) in [5.41, 5.74) is 0. The maximum absolute atomic E-state index is 5.97. The van der Waals surface area contributed by atoms with Crippen molar-refractivity contribution >= 4 is 0 Å². The summed E-state index contributed by atoms with van der Waals surface area (Å²) in [7, 11) is 0. The van der Waals surface area contributed by atoms with Gasteiger partial charge < -0.3 is 9.73 Å². The van der Waals surface area contributed by atoms with E-state index in [2.05, 4.69) is 22.4 Å². The van der Waals surface area contributed by atoms with Crippen LogP contribution in [-0.4, -0.2) is 16.7 Å². The summed E-state index contributed by atoms with van der Waals surface area (Å²) < 4.78 is 5.97. The summed E-state index contributed by atoms with van der Waals surface area (Å²) in [6, 6.07) is 0. The molecule has 1 heterocycles. The summed E-state index contributed by atoms with van der Waals surface area (Å²) in [5, 5.41) is 12.0. The van der Waals surface area contributed by atoms with E-state index in [-0.39, 0.29) is 0 Å². The third-order valence-electron chi connectivity index (χ3n) is 5.70. The van der Waals surface area contributed by atoms with Crippen molar-refractivity contribution in [3.63, 3.8) is 0 Å². The van der Waals surface area contributed by atoms with Crippen LogP contribution in [0.3, 0.4) is 0 Å². The van der Waals surface area contributed by atoms with Gasteiger partial charge >= 0.3 is 0 Å². The first-order valence-corrected chi connectivity index (χ1v) is 8.36. The molecule has 4 aliphatic rings. The van der Waals surface area contributed by atoms with Gasteiger partial charge in [-0.1, -0.05) is 6.92 Å². The highest BCUT2D eigenvalue weighted by molar-refractivity contribution is 5.08. The highest BCUT2D eigenvalue weighted by Gasteiger charge is 2.50. The minimum absolute atomic E-state index is 0.565. The molecule has 0 spiro atoms. The largest absolute Gasteiger partial charge is 0.424 e. The molecule has 4 nitrogen and oxygen atoms in total. The van der Waals surface area contributed by atoms with Gasteiger partial charge in [-0.25, -0.2) is 0 Å². The summed E-state index contributed by atoms with van der Waals surface area (Å²) in [6.45, 7) is 3.89. The molecular weight excluding hydrogens is 250 g/mol. The van der Waals surface area contributed by atoms with Crippen LogP contribution in [0.4, 0.5) is 0 Å². The second-order valence-corrected chi connectivity index (χ2v) is 7.17. The molecule has 0 saturated heterocycles. The number of aromatic nitrogens is 2. The van der Waals surface area contributed by atoms with Gasteiger partial charge in [0.1, 0.15) is 0 Å². The van der Waals surface area contributed by atoms with Crippen LogP contribution < -0.4 is 5.32 Å². The number of hydrogen-bond donors (Lipinski definition) is 1. The van der Waals surface area contributed by atoms with Gasteiger partial charge in [0, 0.05) is 5.92 Å². The number of hydrogen-bond acceptors (Lipinski definition) is 4. The Morgan fingerprint density at radius 2 is 1.75 bits per heavy atom. The molecule has 0 unspecified atom stereocenters. The molecule has 1 N–H and O–H groups in total. The molecular formula is C16H25N3O. The number of rotatable bonds is 5. The SMILES string of the molecule is CCCNCc1nnc(C2C3CC4CC(C3)CC2C4)o1. The average molecular weight is 275 g/mol. The molecule has 0 atom stereocenters. The first-order chi connectivity index (χ1) is 9.83. The van der Waals surface area contributed by atoms with Crippen molar-refractivity contribution in [3.8, 4) is 0 Å². The van der Waals surface area contributed by atoms with Crippen LogP contribution in [0.25, 0.3) is 0 Å². The van der Waals surface area contributed by atoms with Crippen molar-refractivity contribution in [2.75, 3.05) is 6.54 Å². The molecule has 0 aliphatic heterocycles. The van der Waals surface area contributed by atoms with Gasteiger partial charge in [0.05, 0.1) is 6.54 Å². The van der Waals surface area contributed by atoms with Crippen molar-refractivity contribution in [2.24, 2.45) is 23.7 Å². The molecule has 0 aromatic carbocycles. The number of nitrogens with zero attached hydrogens (tertiary/aromatic N) is 2. The fourth-order valence-corrected chi connectivity index (χ4v) is 5.17. The molecule has 4 fully saturated rings. The van der Waals surface area contributed by atoms with Crippen LogP contribution in [-0.2, 0) is 6.54 Å². The zero-order valence-corrected chi connectivity index (χ0v) is 12.3. The quantitative estimate of drug-likeness (QED) is 0.839. The maximum atomic E-state index is 5.97. The molecule has 4 saturated carbocycles. The van der Waals surface area contributed by atoms with Crippen LogP contribution in [0.2, 0.25) is 0 Å². The Balaban J connectivity index is 1.47. The lowest BCUT2D eigenvalue weighted by Crippen LogP contribution is -2.43. The summed E-state index contributed by atoms with van der Waals surface area (Å²) in [5.74, 6) is 5.92. The Hall–Kier alpha value is -0.900. The zero-order valence-electron chi connectivity index (χ0n) is 12.3. The van der Waals surface area contributed by atoms with Crippen LogP contribution in [0.5, 0.6) is 0 Å². The second kappa shape index (κ2) is 5.14. The molecule has 1 aromatic rings. The molecule has 20 heavy (non-hydrogen) atoms. The van der Waals surface area contributed by atoms with Crippen molar-refractivity contribution < 1.29 is 4.42 Å². The van der Waals surface area contributed by atoms with E-state index in [9.17, 15) is 0 Å². The number of nitrogens with one attached hydrogen (secondary N) is 1. The molecule has 110 valence electrons. The second-order valence-electron chi connectivity index (χ2n) is 7.17. The molecule has 0 amide bonds. The van der Waals surface area contributed by atoms with Crippen LogP contribution in [0.15, 0.2) is 4.42 Å². The summed E-state index contributed by atoms with van der Waals surface area (Å²) in [6.07, 6.45) is 8.26. The third-order valence-corrected chi connectivity index (χ3v) is 5.70. The van der Waals surface area contributed by atoms with E-state index in [0.717, 1.165) is 48.4 Å². The van der Waals surface area contributed by atoms with Crippen LogP contribution in [0, 0.1) is 23.7 Å². The predicted octanol–water partition coefficient (Wildman–Crippen LogP) is 3.11. The normalized spacial score (nSPS) is 38.5. The summed E-state index contributed by atoms with van der Waals surface area (Å²) >= 11 is 0. The van der Waals surface area contributed by atoms with E-state index in [1.807, 2.05) is 0 Å². The van der Waals surface area contributed by atoms with Gasteiger partial charge in [-0.3, -0.25) is 0 Å². The summed E-state index contributed by atoms with van der Waals surface area (Å²) in [4.78, 5) is 0. The fraction of sp³-hybridized carbons (Fsp3) is 0.875. The van der Waals surface area contributed by atoms with Gasteiger partial charge in [0.2, 0.25) is 11.8 Å². The van der Waals surface area contributed by atoms with Gasteiger partial charge in [0.25, 0.3) is 0 Å². The Labute approximate surface area is 120 Å². The Kier molecular flexibility index (Phi) is 3.29. The first kappa shape index (κ1) is 12.8. The fourth-order valence-electron chi connectivity index (χ4n) is 5.17. The van der Waals surface area contributed by atoms with E-state index in [0.29, 0.717) is 12.5 Å². The van der Waals surface area contributed by atoms with Crippen molar-refractivity contribution in [3.05, 3.63) is 11.8 Å². The topological polar surface area (TPSA) is 51.0 Å². The van der Waals surface area contributed by atoms with E-state index >= 15 is 0 Å². The Morgan fingerprint density at radius 1 is 1.05 bits per heavy atom. The van der Waals surface area contributed by atoms with E-state index < -0.39 is 0 Å². The lowest BCUT2D eigenvalue weighted by molar-refractivity contribution is -0.0118. The Morgan fingerprint density at radius 3 is 2.40 bits per heavy atom. The smallest absolute Gasteiger partial charge is 0.230 e. The van der Waals surface area contributed by atoms with Gasteiger partial charge in [-0.05, 0) is 68.7 Å². The van der Waals surface area contributed by atoms with Crippen molar-refractivity contribution in [1.82, 2.24) is 15.5 Å². The predicted molar refractivity (Wildman–Crippen MR) is 76.1 cm³/mol.